The third-order valence-electron chi connectivity index (χ3n) is 2.15. The van der Waals surface area contributed by atoms with Crippen LogP contribution >= 0.6 is 23.2 Å². The number of hydrogen-bond donors (Lipinski definition) is 2. The second-order valence-electron chi connectivity index (χ2n) is 3.50. The van der Waals surface area contributed by atoms with E-state index < -0.39 is 17.9 Å². The van der Waals surface area contributed by atoms with Gasteiger partial charge in [0.05, 0.1) is 0 Å². The van der Waals surface area contributed by atoms with Crippen LogP contribution in [0, 0.1) is 0 Å². The van der Waals surface area contributed by atoms with Crippen molar-refractivity contribution in [3.8, 4) is 0 Å². The second-order valence-corrected chi connectivity index (χ2v) is 4.31. The number of amides is 1. The maximum Gasteiger partial charge on any atom is 0.326 e. The van der Waals surface area contributed by atoms with Gasteiger partial charge in [0, 0.05) is 23.4 Å². The van der Waals surface area contributed by atoms with Gasteiger partial charge in [-0.25, -0.2) is 4.79 Å². The predicted octanol–water partition coefficient (Wildman–Crippen LogP) is 2.13. The summed E-state index contributed by atoms with van der Waals surface area (Å²) in [5.74, 6) is -1.54. The number of benzene rings is 1. The highest BCUT2D eigenvalue weighted by Crippen LogP contribution is 2.25. The van der Waals surface area contributed by atoms with Gasteiger partial charge in [0.25, 0.3) is 0 Å². The molecule has 1 amide bonds. The van der Waals surface area contributed by atoms with Crippen molar-refractivity contribution in [2.45, 2.75) is 19.4 Å². The van der Waals surface area contributed by atoms with E-state index in [0.29, 0.717) is 15.6 Å². The Bertz CT molecular complexity index is 428. The van der Waals surface area contributed by atoms with Crippen molar-refractivity contribution in [2.24, 2.45) is 0 Å². The molecule has 0 saturated heterocycles. The van der Waals surface area contributed by atoms with Crippen LogP contribution in [0.3, 0.4) is 0 Å². The summed E-state index contributed by atoms with van der Waals surface area (Å²) in [6.45, 7) is 1.25. The second kappa shape index (κ2) is 5.89. The van der Waals surface area contributed by atoms with E-state index in [1.165, 1.54) is 6.92 Å². The molecule has 2 N–H and O–H groups in total. The van der Waals surface area contributed by atoms with Crippen LogP contribution in [0.5, 0.6) is 0 Å². The van der Waals surface area contributed by atoms with Gasteiger partial charge in [-0.05, 0) is 17.7 Å². The van der Waals surface area contributed by atoms with Gasteiger partial charge in [-0.3, -0.25) is 4.79 Å². The molecule has 0 saturated carbocycles. The Labute approximate surface area is 109 Å². The fraction of sp³-hybridized carbons (Fsp3) is 0.273. The van der Waals surface area contributed by atoms with Gasteiger partial charge in [-0.1, -0.05) is 29.3 Å². The van der Waals surface area contributed by atoms with Crippen LogP contribution in [0.25, 0.3) is 0 Å². The summed E-state index contributed by atoms with van der Waals surface area (Å²) < 4.78 is 0. The van der Waals surface area contributed by atoms with Crippen molar-refractivity contribution in [3.05, 3.63) is 33.8 Å². The quantitative estimate of drug-likeness (QED) is 0.885. The van der Waals surface area contributed by atoms with Crippen molar-refractivity contribution in [1.82, 2.24) is 5.32 Å². The number of carbonyl (C=O) groups excluding carboxylic acids is 1. The minimum Gasteiger partial charge on any atom is -0.480 e. The highest BCUT2D eigenvalue weighted by atomic mass is 35.5. The van der Waals surface area contributed by atoms with Crippen molar-refractivity contribution < 1.29 is 14.7 Å². The lowest BCUT2D eigenvalue weighted by molar-refractivity contribution is -0.141. The Morgan fingerprint density at radius 1 is 1.35 bits per heavy atom. The van der Waals surface area contributed by atoms with E-state index in [1.807, 2.05) is 0 Å². The highest BCUT2D eigenvalue weighted by Gasteiger charge is 2.21. The fourth-order valence-corrected chi connectivity index (χ4v) is 1.93. The van der Waals surface area contributed by atoms with Crippen LogP contribution in [0.15, 0.2) is 18.2 Å². The molecule has 0 heterocycles. The average molecular weight is 276 g/mol. The normalized spacial score (nSPS) is 11.9. The Morgan fingerprint density at radius 2 is 1.88 bits per heavy atom. The van der Waals surface area contributed by atoms with E-state index >= 15 is 0 Å². The fourth-order valence-electron chi connectivity index (χ4n) is 1.38. The number of halogens is 2. The first-order chi connectivity index (χ1) is 7.91. The zero-order valence-electron chi connectivity index (χ0n) is 9.04. The molecule has 0 spiro atoms. The number of carboxylic acids is 1. The van der Waals surface area contributed by atoms with Gasteiger partial charge in [0.1, 0.15) is 6.04 Å². The van der Waals surface area contributed by atoms with Gasteiger partial charge in [0.2, 0.25) is 5.91 Å². The molecule has 0 aromatic heterocycles. The van der Waals surface area contributed by atoms with Gasteiger partial charge < -0.3 is 10.4 Å². The first-order valence-corrected chi connectivity index (χ1v) is 5.60. The molecule has 6 heteroatoms. The average Bonchev–Trinajstić information content (AvgIpc) is 2.21. The van der Waals surface area contributed by atoms with Crippen LogP contribution in [-0.2, 0) is 16.0 Å². The summed E-state index contributed by atoms with van der Waals surface area (Å²) in [6, 6.07) is 3.87. The molecular weight excluding hydrogens is 265 g/mol. The molecule has 0 aliphatic rings. The Balaban J connectivity index is 2.93. The van der Waals surface area contributed by atoms with Crippen LogP contribution in [0.4, 0.5) is 0 Å². The largest absolute Gasteiger partial charge is 0.480 e. The smallest absolute Gasteiger partial charge is 0.326 e. The molecule has 0 bridgehead atoms. The predicted molar refractivity (Wildman–Crippen MR) is 65.4 cm³/mol. The zero-order chi connectivity index (χ0) is 13.0. The maximum atomic E-state index is 11.0. The standard InChI is InChI=1S/C11H11Cl2NO3/c1-6(15)14-10(11(16)17)5-7-8(12)3-2-4-9(7)13/h2-4,10H,5H2,1H3,(H,14,15)(H,16,17). The summed E-state index contributed by atoms with van der Waals surface area (Å²) in [7, 11) is 0. The van der Waals surface area contributed by atoms with E-state index in [4.69, 9.17) is 28.3 Å². The minimum absolute atomic E-state index is 0.0490. The van der Waals surface area contributed by atoms with Crippen LogP contribution in [0.1, 0.15) is 12.5 Å². The van der Waals surface area contributed by atoms with Crippen LogP contribution in [-0.4, -0.2) is 23.0 Å². The Morgan fingerprint density at radius 3 is 2.29 bits per heavy atom. The number of rotatable bonds is 4. The molecule has 1 unspecified atom stereocenters. The van der Waals surface area contributed by atoms with Gasteiger partial charge in [-0.2, -0.15) is 0 Å². The summed E-state index contributed by atoms with van der Waals surface area (Å²) in [6.07, 6.45) is 0.0490. The molecule has 0 radical (unpaired) electrons. The number of carboxylic acid groups (broad SMARTS) is 1. The molecule has 0 fully saturated rings. The summed E-state index contributed by atoms with van der Waals surface area (Å²) in [4.78, 5) is 21.8. The molecule has 0 aliphatic carbocycles. The molecule has 1 rings (SSSR count). The highest BCUT2D eigenvalue weighted by molar-refractivity contribution is 6.36. The van der Waals surface area contributed by atoms with E-state index in [-0.39, 0.29) is 6.42 Å². The summed E-state index contributed by atoms with van der Waals surface area (Å²) >= 11 is 11.8. The van der Waals surface area contributed by atoms with Crippen molar-refractivity contribution >= 4 is 35.1 Å². The summed E-state index contributed by atoms with van der Waals surface area (Å²) in [5.41, 5.74) is 0.511. The van der Waals surface area contributed by atoms with Crippen LogP contribution in [0.2, 0.25) is 10.0 Å². The third kappa shape index (κ3) is 3.91. The van der Waals surface area contributed by atoms with E-state index in [0.717, 1.165) is 0 Å². The molecule has 0 aliphatic heterocycles. The molecule has 92 valence electrons. The lowest BCUT2D eigenvalue weighted by Gasteiger charge is -2.15. The third-order valence-corrected chi connectivity index (χ3v) is 2.85. The zero-order valence-corrected chi connectivity index (χ0v) is 10.5. The topological polar surface area (TPSA) is 66.4 Å². The SMILES string of the molecule is CC(=O)NC(Cc1c(Cl)cccc1Cl)C(=O)O. The van der Waals surface area contributed by atoms with Crippen molar-refractivity contribution in [1.29, 1.82) is 0 Å². The van der Waals surface area contributed by atoms with E-state index in [2.05, 4.69) is 5.32 Å². The van der Waals surface area contributed by atoms with Crippen LogP contribution < -0.4 is 5.32 Å². The number of carbonyl (C=O) groups is 2. The van der Waals surface area contributed by atoms with Crippen molar-refractivity contribution in [2.75, 3.05) is 0 Å². The molecule has 1 atom stereocenters. The van der Waals surface area contributed by atoms with Gasteiger partial charge in [0.15, 0.2) is 0 Å². The summed E-state index contributed by atoms with van der Waals surface area (Å²) in [5, 5.41) is 12.1. The lowest BCUT2D eigenvalue weighted by Crippen LogP contribution is -2.41. The Hall–Kier alpha value is -1.26. The minimum atomic E-state index is -1.13. The van der Waals surface area contributed by atoms with Crippen molar-refractivity contribution in [3.63, 3.8) is 0 Å². The number of nitrogens with one attached hydrogen (secondary N) is 1. The number of hydrogen-bond acceptors (Lipinski definition) is 2. The first-order valence-electron chi connectivity index (χ1n) is 4.84. The maximum absolute atomic E-state index is 11.0. The molecular formula is C11H11Cl2NO3. The first kappa shape index (κ1) is 13.8. The molecule has 1 aromatic carbocycles. The van der Waals surface area contributed by atoms with Gasteiger partial charge in [-0.15, -0.1) is 0 Å². The number of aliphatic carboxylic acids is 1. The Kier molecular flexibility index (Phi) is 4.78. The van der Waals surface area contributed by atoms with Gasteiger partial charge >= 0.3 is 5.97 Å². The molecule has 17 heavy (non-hydrogen) atoms. The molecule has 4 nitrogen and oxygen atoms in total. The van der Waals surface area contributed by atoms with E-state index in [1.54, 1.807) is 18.2 Å². The molecule has 1 aromatic rings. The van der Waals surface area contributed by atoms with E-state index in [9.17, 15) is 9.59 Å². The monoisotopic (exact) mass is 275 g/mol. The lowest BCUT2D eigenvalue weighted by atomic mass is 10.1.